The summed E-state index contributed by atoms with van der Waals surface area (Å²) in [7, 11) is 0. The van der Waals surface area contributed by atoms with Crippen LogP contribution in [0.15, 0.2) is 52.7 Å². The third kappa shape index (κ3) is 2.58. The highest BCUT2D eigenvalue weighted by Crippen LogP contribution is 2.26. The second-order valence-electron chi connectivity index (χ2n) is 5.19. The number of ketones is 1. The average Bonchev–Trinajstić information content (AvgIpc) is 2.48. The van der Waals surface area contributed by atoms with E-state index in [4.69, 9.17) is 4.42 Å². The van der Waals surface area contributed by atoms with E-state index >= 15 is 0 Å². The van der Waals surface area contributed by atoms with Gasteiger partial charge in [0.05, 0.1) is 10.9 Å². The van der Waals surface area contributed by atoms with Gasteiger partial charge in [-0.25, -0.2) is 0 Å². The quantitative estimate of drug-likeness (QED) is 0.621. The molecule has 0 saturated heterocycles. The molecule has 0 bridgehead atoms. The lowest BCUT2D eigenvalue weighted by Crippen LogP contribution is -2.11. The Morgan fingerprint density at radius 1 is 1.23 bits per heavy atom. The molecule has 3 nitrogen and oxygen atoms in total. The van der Waals surface area contributed by atoms with Crippen LogP contribution in [0.5, 0.6) is 0 Å². The van der Waals surface area contributed by atoms with E-state index in [-0.39, 0.29) is 11.2 Å². The number of fused-ring (bicyclic) bond motifs is 1. The SMILES string of the molecule is C=C/C=C(\C=C)c1oc2c(C(C)=O)cc(C)cc2c(=O)c1C. The van der Waals surface area contributed by atoms with Crippen molar-refractivity contribution in [3.05, 3.63) is 76.2 Å². The number of carbonyl (C=O) groups is 1. The first kappa shape index (κ1) is 15.7. The summed E-state index contributed by atoms with van der Waals surface area (Å²) in [5, 5.41) is 0.425. The van der Waals surface area contributed by atoms with Crippen molar-refractivity contribution in [2.24, 2.45) is 0 Å². The van der Waals surface area contributed by atoms with Gasteiger partial charge in [0, 0.05) is 11.1 Å². The van der Waals surface area contributed by atoms with Crippen LogP contribution < -0.4 is 5.43 Å². The predicted molar refractivity (Wildman–Crippen MR) is 90.3 cm³/mol. The molecule has 2 rings (SSSR count). The molecule has 0 amide bonds. The van der Waals surface area contributed by atoms with E-state index < -0.39 is 0 Å². The van der Waals surface area contributed by atoms with Crippen molar-refractivity contribution in [1.82, 2.24) is 0 Å². The summed E-state index contributed by atoms with van der Waals surface area (Å²) in [6.45, 7) is 12.4. The molecule has 2 aromatic rings. The van der Waals surface area contributed by atoms with Crippen LogP contribution in [-0.2, 0) is 0 Å². The molecule has 0 fully saturated rings. The standard InChI is InChI=1S/C19H18O3/c1-6-8-14(7-2)18-12(4)17(21)16-10-11(3)9-15(13(5)20)19(16)22-18/h6-10H,1-2H2,3-5H3/b14-8+. The Bertz CT molecular complexity index is 880. The number of rotatable bonds is 4. The average molecular weight is 294 g/mol. The minimum absolute atomic E-state index is 0.139. The third-order valence-electron chi connectivity index (χ3n) is 3.52. The van der Waals surface area contributed by atoms with Crippen LogP contribution in [0.2, 0.25) is 0 Å². The molecule has 0 spiro atoms. The van der Waals surface area contributed by atoms with Crippen LogP contribution in [0.3, 0.4) is 0 Å². The van der Waals surface area contributed by atoms with Gasteiger partial charge in [0.25, 0.3) is 0 Å². The van der Waals surface area contributed by atoms with Crippen molar-refractivity contribution < 1.29 is 9.21 Å². The molecule has 3 heteroatoms. The first-order chi connectivity index (χ1) is 10.4. The van der Waals surface area contributed by atoms with E-state index in [1.165, 1.54) is 6.92 Å². The first-order valence-electron chi connectivity index (χ1n) is 6.95. The molecule has 0 radical (unpaired) electrons. The van der Waals surface area contributed by atoms with Crippen LogP contribution in [0.1, 0.15) is 34.2 Å². The molecule has 0 unspecified atom stereocenters. The number of aryl methyl sites for hydroxylation is 1. The molecule has 0 aliphatic rings. The number of carbonyl (C=O) groups excluding carboxylic acids is 1. The lowest BCUT2D eigenvalue weighted by atomic mass is 10.0. The fraction of sp³-hybridized carbons (Fsp3) is 0.158. The molecule has 1 heterocycles. The van der Waals surface area contributed by atoms with Crippen LogP contribution in [-0.4, -0.2) is 5.78 Å². The van der Waals surface area contributed by atoms with Gasteiger partial charge in [0.15, 0.2) is 11.2 Å². The zero-order valence-corrected chi connectivity index (χ0v) is 13.0. The van der Waals surface area contributed by atoms with Crippen molar-refractivity contribution >= 4 is 22.3 Å². The Kier molecular flexibility index (Phi) is 4.27. The van der Waals surface area contributed by atoms with Crippen molar-refractivity contribution in [3.63, 3.8) is 0 Å². The molecule has 112 valence electrons. The summed E-state index contributed by atoms with van der Waals surface area (Å²) in [4.78, 5) is 24.5. The van der Waals surface area contributed by atoms with Gasteiger partial charge in [-0.05, 0) is 38.5 Å². The monoisotopic (exact) mass is 294 g/mol. The van der Waals surface area contributed by atoms with Crippen molar-refractivity contribution in [2.45, 2.75) is 20.8 Å². The maximum atomic E-state index is 12.6. The van der Waals surface area contributed by atoms with Gasteiger partial charge in [-0.2, -0.15) is 0 Å². The lowest BCUT2D eigenvalue weighted by Gasteiger charge is -2.10. The van der Waals surface area contributed by atoms with Gasteiger partial charge >= 0.3 is 0 Å². The maximum Gasteiger partial charge on any atom is 0.196 e. The Morgan fingerprint density at radius 3 is 2.45 bits per heavy atom. The molecule has 0 N–H and O–H groups in total. The van der Waals surface area contributed by atoms with Crippen LogP contribution in [0.4, 0.5) is 0 Å². The number of allylic oxidation sites excluding steroid dienone is 4. The third-order valence-corrected chi connectivity index (χ3v) is 3.52. The molecular weight excluding hydrogens is 276 g/mol. The highest BCUT2D eigenvalue weighted by atomic mass is 16.3. The second kappa shape index (κ2) is 5.98. The summed E-state index contributed by atoms with van der Waals surface area (Å²) in [6, 6.07) is 3.48. The summed E-state index contributed by atoms with van der Waals surface area (Å²) in [6.07, 6.45) is 4.91. The number of Topliss-reactive ketones (excluding diaryl/α,β-unsaturated/α-hetero) is 1. The Labute approximate surface area is 129 Å². The van der Waals surface area contributed by atoms with Crippen molar-refractivity contribution in [3.8, 4) is 0 Å². The highest BCUT2D eigenvalue weighted by Gasteiger charge is 2.17. The number of hydrogen-bond donors (Lipinski definition) is 0. The molecule has 0 aliphatic heterocycles. The Hall–Kier alpha value is -2.68. The van der Waals surface area contributed by atoms with Crippen LogP contribution in [0, 0.1) is 13.8 Å². The first-order valence-corrected chi connectivity index (χ1v) is 6.95. The molecule has 0 atom stereocenters. The number of benzene rings is 1. The van der Waals surface area contributed by atoms with E-state index in [1.54, 1.807) is 37.3 Å². The lowest BCUT2D eigenvalue weighted by molar-refractivity contribution is 0.101. The maximum absolute atomic E-state index is 12.6. The van der Waals surface area contributed by atoms with E-state index in [0.717, 1.165) is 5.56 Å². The van der Waals surface area contributed by atoms with Gasteiger partial charge in [-0.1, -0.05) is 31.4 Å². The molecule has 1 aromatic carbocycles. The van der Waals surface area contributed by atoms with E-state index in [0.29, 0.717) is 33.4 Å². The molecule has 22 heavy (non-hydrogen) atoms. The predicted octanol–water partition coefficient (Wildman–Crippen LogP) is 4.37. The smallest absolute Gasteiger partial charge is 0.196 e. The van der Waals surface area contributed by atoms with Crippen LogP contribution in [0.25, 0.3) is 16.5 Å². The van der Waals surface area contributed by atoms with E-state index in [9.17, 15) is 9.59 Å². The summed E-state index contributed by atoms with van der Waals surface area (Å²) < 4.78 is 5.92. The molecular formula is C19H18O3. The van der Waals surface area contributed by atoms with Crippen molar-refractivity contribution in [2.75, 3.05) is 0 Å². The molecule has 1 aromatic heterocycles. The number of hydrogen-bond acceptors (Lipinski definition) is 3. The Morgan fingerprint density at radius 2 is 1.91 bits per heavy atom. The molecule has 0 saturated carbocycles. The normalized spacial score (nSPS) is 11.5. The Balaban J connectivity index is 3.00. The topological polar surface area (TPSA) is 47.3 Å². The minimum atomic E-state index is -0.140. The largest absolute Gasteiger partial charge is 0.455 e. The summed E-state index contributed by atoms with van der Waals surface area (Å²) in [5.41, 5.74) is 2.58. The highest BCUT2D eigenvalue weighted by molar-refractivity contribution is 6.05. The van der Waals surface area contributed by atoms with Gasteiger partial charge < -0.3 is 4.42 Å². The zero-order chi connectivity index (χ0) is 16.4. The zero-order valence-electron chi connectivity index (χ0n) is 13.0. The van der Waals surface area contributed by atoms with Gasteiger partial charge in [-0.15, -0.1) is 0 Å². The molecule has 0 aliphatic carbocycles. The van der Waals surface area contributed by atoms with Gasteiger partial charge in [0.1, 0.15) is 11.3 Å². The van der Waals surface area contributed by atoms with E-state index in [1.807, 2.05) is 6.92 Å². The van der Waals surface area contributed by atoms with Crippen molar-refractivity contribution in [1.29, 1.82) is 0 Å². The summed E-state index contributed by atoms with van der Waals surface area (Å²) in [5.74, 6) is 0.276. The van der Waals surface area contributed by atoms with E-state index in [2.05, 4.69) is 13.2 Å². The fourth-order valence-corrected chi connectivity index (χ4v) is 2.44. The van der Waals surface area contributed by atoms with Gasteiger partial charge in [0.2, 0.25) is 0 Å². The van der Waals surface area contributed by atoms with Gasteiger partial charge in [-0.3, -0.25) is 9.59 Å². The summed E-state index contributed by atoms with van der Waals surface area (Å²) >= 11 is 0. The fourth-order valence-electron chi connectivity index (χ4n) is 2.44. The minimum Gasteiger partial charge on any atom is -0.455 e. The van der Waals surface area contributed by atoms with Crippen LogP contribution >= 0.6 is 0 Å². The second-order valence-corrected chi connectivity index (χ2v) is 5.19.